The van der Waals surface area contributed by atoms with Gasteiger partial charge >= 0.3 is 5.97 Å². The van der Waals surface area contributed by atoms with E-state index in [1.54, 1.807) is 7.11 Å². The lowest BCUT2D eigenvalue weighted by Gasteiger charge is -2.12. The van der Waals surface area contributed by atoms with Crippen LogP contribution >= 0.6 is 0 Å². The van der Waals surface area contributed by atoms with Crippen molar-refractivity contribution in [1.82, 2.24) is 5.32 Å². The van der Waals surface area contributed by atoms with Crippen LogP contribution in [0.3, 0.4) is 0 Å². The molecule has 0 bridgehead atoms. The number of nitrogens with one attached hydrogen (secondary N) is 2. The second-order valence-corrected chi connectivity index (χ2v) is 8.81. The summed E-state index contributed by atoms with van der Waals surface area (Å²) in [5, 5.41) is 2.66. The molecule has 0 aliphatic heterocycles. The number of halogens is 1. The van der Waals surface area contributed by atoms with E-state index in [2.05, 4.69) is 10.0 Å². The van der Waals surface area contributed by atoms with Gasteiger partial charge in [-0.15, -0.1) is 0 Å². The minimum atomic E-state index is -4.07. The van der Waals surface area contributed by atoms with Crippen LogP contribution in [0.4, 0.5) is 10.1 Å². The summed E-state index contributed by atoms with van der Waals surface area (Å²) in [6, 6.07) is 17.5. The van der Waals surface area contributed by atoms with Crippen molar-refractivity contribution in [2.75, 3.05) is 25.0 Å². The van der Waals surface area contributed by atoms with Crippen LogP contribution in [0.25, 0.3) is 0 Å². The minimum absolute atomic E-state index is 0.0308. The fourth-order valence-electron chi connectivity index (χ4n) is 2.97. The predicted molar refractivity (Wildman–Crippen MR) is 124 cm³/mol. The van der Waals surface area contributed by atoms with E-state index in [-0.39, 0.29) is 16.1 Å². The van der Waals surface area contributed by atoms with Crippen LogP contribution in [0.1, 0.15) is 15.9 Å². The van der Waals surface area contributed by atoms with Gasteiger partial charge in [0.25, 0.3) is 15.9 Å². The molecule has 3 aromatic carbocycles. The summed E-state index contributed by atoms with van der Waals surface area (Å²) in [6.07, 6.45) is 0.581. The summed E-state index contributed by atoms with van der Waals surface area (Å²) < 4.78 is 50.7. The average Bonchev–Trinajstić information content (AvgIpc) is 2.83. The Morgan fingerprint density at radius 1 is 0.941 bits per heavy atom. The van der Waals surface area contributed by atoms with Crippen molar-refractivity contribution >= 4 is 27.6 Å². The van der Waals surface area contributed by atoms with Crippen molar-refractivity contribution in [3.63, 3.8) is 0 Å². The second-order valence-electron chi connectivity index (χ2n) is 7.13. The molecule has 2 N–H and O–H groups in total. The molecule has 0 atom stereocenters. The van der Waals surface area contributed by atoms with Gasteiger partial charge in [0.2, 0.25) is 0 Å². The number of anilines is 1. The normalized spacial score (nSPS) is 10.9. The SMILES string of the molecule is COc1ccc(CCNC(=O)COC(=O)c2ccccc2NS(=O)(=O)c2ccc(F)cc2)cc1. The van der Waals surface area contributed by atoms with E-state index in [0.717, 1.165) is 35.6 Å². The molecule has 3 rings (SSSR count). The molecular formula is C24H23FN2O6S. The maximum atomic E-state index is 13.1. The van der Waals surface area contributed by atoms with Crippen molar-refractivity contribution in [2.24, 2.45) is 0 Å². The van der Waals surface area contributed by atoms with Gasteiger partial charge in [0.05, 0.1) is 23.3 Å². The van der Waals surface area contributed by atoms with E-state index in [1.807, 2.05) is 24.3 Å². The Kier molecular flexibility index (Phi) is 8.20. The maximum Gasteiger partial charge on any atom is 0.340 e. The van der Waals surface area contributed by atoms with Crippen molar-refractivity contribution in [1.29, 1.82) is 0 Å². The molecule has 0 spiro atoms. The number of carbonyl (C=O) groups excluding carboxylic acids is 2. The first-order valence-corrected chi connectivity index (χ1v) is 11.7. The molecule has 1 amide bonds. The highest BCUT2D eigenvalue weighted by molar-refractivity contribution is 7.92. The smallest absolute Gasteiger partial charge is 0.340 e. The van der Waals surface area contributed by atoms with E-state index in [9.17, 15) is 22.4 Å². The highest BCUT2D eigenvalue weighted by Crippen LogP contribution is 2.21. The van der Waals surface area contributed by atoms with Crippen LogP contribution in [-0.4, -0.2) is 40.6 Å². The molecular weight excluding hydrogens is 463 g/mol. The largest absolute Gasteiger partial charge is 0.497 e. The summed E-state index contributed by atoms with van der Waals surface area (Å²) in [5.41, 5.74) is 0.899. The lowest BCUT2D eigenvalue weighted by Crippen LogP contribution is -2.30. The first kappa shape index (κ1) is 24.7. The zero-order valence-electron chi connectivity index (χ0n) is 18.3. The van der Waals surface area contributed by atoms with Gasteiger partial charge in [0, 0.05) is 6.54 Å². The molecule has 0 aliphatic rings. The highest BCUT2D eigenvalue weighted by atomic mass is 32.2. The molecule has 8 nitrogen and oxygen atoms in total. The molecule has 0 saturated heterocycles. The topological polar surface area (TPSA) is 111 Å². The van der Waals surface area contributed by atoms with Gasteiger partial charge in [-0.05, 0) is 60.5 Å². The number of sulfonamides is 1. The third kappa shape index (κ3) is 6.79. The third-order valence-electron chi connectivity index (χ3n) is 4.74. The summed E-state index contributed by atoms with van der Waals surface area (Å²) in [5.74, 6) is -1.21. The van der Waals surface area contributed by atoms with Gasteiger partial charge in [-0.2, -0.15) is 0 Å². The van der Waals surface area contributed by atoms with E-state index >= 15 is 0 Å². The Morgan fingerprint density at radius 2 is 1.62 bits per heavy atom. The quantitative estimate of drug-likeness (QED) is 0.426. The van der Waals surface area contributed by atoms with E-state index < -0.39 is 34.3 Å². The molecule has 0 fully saturated rings. The van der Waals surface area contributed by atoms with Crippen molar-refractivity contribution in [2.45, 2.75) is 11.3 Å². The van der Waals surface area contributed by atoms with Crippen LogP contribution in [0.2, 0.25) is 0 Å². The van der Waals surface area contributed by atoms with Crippen LogP contribution in [0.5, 0.6) is 5.75 Å². The van der Waals surface area contributed by atoms with Gasteiger partial charge in [0.1, 0.15) is 11.6 Å². The maximum absolute atomic E-state index is 13.1. The first-order valence-electron chi connectivity index (χ1n) is 10.2. The summed E-state index contributed by atoms with van der Waals surface area (Å²) in [6.45, 7) is -0.183. The predicted octanol–water partition coefficient (Wildman–Crippen LogP) is 3.15. The summed E-state index contributed by atoms with van der Waals surface area (Å²) in [4.78, 5) is 24.4. The Hall–Kier alpha value is -3.92. The molecule has 0 saturated carbocycles. The van der Waals surface area contributed by atoms with Crippen LogP contribution in [-0.2, 0) is 26.0 Å². The number of hydrogen-bond acceptors (Lipinski definition) is 6. The molecule has 0 aliphatic carbocycles. The standard InChI is InChI=1S/C24H23FN2O6S/c1-32-19-10-6-17(7-11-19)14-15-26-23(28)16-33-24(29)21-4-2-3-5-22(21)27-34(30,31)20-12-8-18(25)9-13-20/h2-13,27H,14-16H2,1H3,(H,26,28). The van der Waals surface area contributed by atoms with E-state index in [1.165, 1.54) is 24.3 Å². The molecule has 0 radical (unpaired) electrons. The molecule has 3 aromatic rings. The lowest BCUT2D eigenvalue weighted by atomic mass is 10.1. The van der Waals surface area contributed by atoms with Crippen LogP contribution in [0, 0.1) is 5.82 Å². The molecule has 0 aromatic heterocycles. The van der Waals surface area contributed by atoms with Gasteiger partial charge in [-0.25, -0.2) is 17.6 Å². The Morgan fingerprint density at radius 3 is 2.29 bits per heavy atom. The number of amides is 1. The molecule has 10 heteroatoms. The Balaban J connectivity index is 1.54. The van der Waals surface area contributed by atoms with Gasteiger partial charge in [-0.1, -0.05) is 24.3 Å². The van der Waals surface area contributed by atoms with Gasteiger partial charge < -0.3 is 14.8 Å². The minimum Gasteiger partial charge on any atom is -0.497 e. The average molecular weight is 487 g/mol. The van der Waals surface area contributed by atoms with Crippen molar-refractivity contribution in [3.8, 4) is 5.75 Å². The number of para-hydroxylation sites is 1. The third-order valence-corrected chi connectivity index (χ3v) is 6.13. The van der Waals surface area contributed by atoms with Gasteiger partial charge in [-0.3, -0.25) is 9.52 Å². The fourth-order valence-corrected chi connectivity index (χ4v) is 4.05. The molecule has 0 unspecified atom stereocenters. The number of rotatable bonds is 10. The van der Waals surface area contributed by atoms with Gasteiger partial charge in [0.15, 0.2) is 6.61 Å². The Bertz CT molecular complexity index is 1250. The zero-order valence-corrected chi connectivity index (χ0v) is 19.1. The lowest BCUT2D eigenvalue weighted by molar-refractivity contribution is -0.124. The zero-order chi connectivity index (χ0) is 24.6. The van der Waals surface area contributed by atoms with E-state index in [0.29, 0.717) is 13.0 Å². The first-order chi connectivity index (χ1) is 16.3. The number of methoxy groups -OCH3 is 1. The number of esters is 1. The summed E-state index contributed by atoms with van der Waals surface area (Å²) in [7, 11) is -2.49. The second kappa shape index (κ2) is 11.3. The highest BCUT2D eigenvalue weighted by Gasteiger charge is 2.20. The molecule has 178 valence electrons. The van der Waals surface area contributed by atoms with Crippen LogP contribution < -0.4 is 14.8 Å². The summed E-state index contributed by atoms with van der Waals surface area (Å²) >= 11 is 0. The monoisotopic (exact) mass is 486 g/mol. The van der Waals surface area contributed by atoms with E-state index in [4.69, 9.17) is 9.47 Å². The number of benzene rings is 3. The molecule has 0 heterocycles. The fraction of sp³-hybridized carbons (Fsp3) is 0.167. The number of carbonyl (C=O) groups is 2. The van der Waals surface area contributed by atoms with Crippen LogP contribution in [0.15, 0.2) is 77.7 Å². The number of ether oxygens (including phenoxy) is 2. The molecule has 34 heavy (non-hydrogen) atoms. The number of hydrogen-bond donors (Lipinski definition) is 2. The van der Waals surface area contributed by atoms with Crippen molar-refractivity contribution in [3.05, 3.63) is 89.7 Å². The van der Waals surface area contributed by atoms with Crippen molar-refractivity contribution < 1.29 is 31.9 Å². The Labute approximate surface area is 196 Å².